The molecule has 33 heavy (non-hydrogen) atoms. The number of hydrogen-bond donors (Lipinski definition) is 2. The van der Waals surface area contributed by atoms with Gasteiger partial charge in [0.2, 0.25) is 15.9 Å². The van der Waals surface area contributed by atoms with Crippen molar-refractivity contribution in [2.24, 2.45) is 0 Å². The predicted molar refractivity (Wildman–Crippen MR) is 115 cm³/mol. The molecule has 0 radical (unpaired) electrons. The number of carbonyl (C=O) groups excluding carboxylic acids is 2. The highest BCUT2D eigenvalue weighted by atomic mass is 32.2. The summed E-state index contributed by atoms with van der Waals surface area (Å²) in [6, 6.07) is 9.11. The number of amides is 2. The number of halogens is 3. The Kier molecular flexibility index (Phi) is 7.43. The number of carbonyl (C=O) groups is 2. The van der Waals surface area contributed by atoms with Gasteiger partial charge in [-0.2, -0.15) is 17.9 Å². The number of rotatable bonds is 7. The van der Waals surface area contributed by atoms with Crippen molar-refractivity contribution < 1.29 is 31.2 Å². The summed E-state index contributed by atoms with van der Waals surface area (Å²) in [6.07, 6.45) is -2.89. The molecule has 2 aromatic rings. The number of benzene rings is 2. The molecular formula is C22H24F3N3O4S. The fraction of sp³-hybridized carbons (Fsp3) is 0.364. The van der Waals surface area contributed by atoms with Crippen molar-refractivity contribution in [3.63, 3.8) is 0 Å². The third-order valence-corrected chi connectivity index (χ3v) is 6.87. The number of nitrogens with one attached hydrogen (secondary N) is 2. The molecule has 0 saturated carbocycles. The zero-order valence-electron chi connectivity index (χ0n) is 17.9. The maximum Gasteiger partial charge on any atom is 0.417 e. The van der Waals surface area contributed by atoms with Crippen molar-refractivity contribution in [1.29, 1.82) is 0 Å². The minimum Gasteiger partial charge on any atom is -0.351 e. The number of sulfonamides is 1. The van der Waals surface area contributed by atoms with Crippen molar-refractivity contribution in [3.05, 3.63) is 65.2 Å². The SMILES string of the molecule is C[C@H](NS(=O)(=O)c1ccccc1C(F)(F)F)C(=O)NCc1ccc(C(=O)N2CCCC2)cc1. The topological polar surface area (TPSA) is 95.6 Å². The molecular weight excluding hydrogens is 459 g/mol. The summed E-state index contributed by atoms with van der Waals surface area (Å²) in [6.45, 7) is 2.76. The van der Waals surface area contributed by atoms with Crippen LogP contribution in [0.15, 0.2) is 53.4 Å². The summed E-state index contributed by atoms with van der Waals surface area (Å²) in [4.78, 5) is 25.5. The first kappa shape index (κ1) is 24.7. The summed E-state index contributed by atoms with van der Waals surface area (Å²) >= 11 is 0. The minimum absolute atomic E-state index is 0.0507. The Labute approximate surface area is 190 Å². The zero-order valence-corrected chi connectivity index (χ0v) is 18.7. The average Bonchev–Trinajstić information content (AvgIpc) is 3.31. The predicted octanol–water partition coefficient (Wildman–Crippen LogP) is 2.92. The van der Waals surface area contributed by atoms with Crippen LogP contribution in [0.1, 0.15) is 41.3 Å². The average molecular weight is 484 g/mol. The lowest BCUT2D eigenvalue weighted by Crippen LogP contribution is -2.44. The monoisotopic (exact) mass is 483 g/mol. The highest BCUT2D eigenvalue weighted by Gasteiger charge is 2.37. The summed E-state index contributed by atoms with van der Waals surface area (Å²) in [5.41, 5.74) is -0.0936. The first-order valence-electron chi connectivity index (χ1n) is 10.3. The third-order valence-electron chi connectivity index (χ3n) is 5.27. The smallest absolute Gasteiger partial charge is 0.351 e. The van der Waals surface area contributed by atoms with E-state index in [1.807, 2.05) is 4.72 Å². The van der Waals surface area contributed by atoms with E-state index in [0.717, 1.165) is 38.1 Å². The molecule has 1 aliphatic heterocycles. The van der Waals surface area contributed by atoms with Gasteiger partial charge in [0.1, 0.15) is 0 Å². The van der Waals surface area contributed by atoms with Crippen molar-refractivity contribution in [2.45, 2.75) is 43.4 Å². The van der Waals surface area contributed by atoms with Crippen molar-refractivity contribution in [3.8, 4) is 0 Å². The molecule has 2 amide bonds. The Morgan fingerprint density at radius 1 is 1.03 bits per heavy atom. The van der Waals surface area contributed by atoms with Crippen LogP contribution in [-0.2, 0) is 27.5 Å². The standard InChI is InChI=1S/C22H24F3N3O4S/c1-15(27-33(31,32)19-7-3-2-6-18(19)22(23,24)25)20(29)26-14-16-8-10-17(11-9-16)21(30)28-12-4-5-13-28/h2-3,6-11,15,27H,4-5,12-14H2,1H3,(H,26,29)/t15-/m0/s1. The van der Waals surface area contributed by atoms with E-state index in [2.05, 4.69) is 5.32 Å². The van der Waals surface area contributed by atoms with E-state index in [9.17, 15) is 31.2 Å². The summed E-state index contributed by atoms with van der Waals surface area (Å²) in [5.74, 6) is -0.759. The van der Waals surface area contributed by atoms with E-state index < -0.39 is 38.6 Å². The van der Waals surface area contributed by atoms with Crippen LogP contribution in [0.4, 0.5) is 13.2 Å². The molecule has 3 rings (SSSR count). The van der Waals surface area contributed by atoms with Gasteiger partial charge in [0, 0.05) is 25.2 Å². The molecule has 178 valence electrons. The van der Waals surface area contributed by atoms with E-state index in [1.165, 1.54) is 13.0 Å². The van der Waals surface area contributed by atoms with Crippen LogP contribution in [0.5, 0.6) is 0 Å². The van der Waals surface area contributed by atoms with E-state index in [0.29, 0.717) is 17.2 Å². The van der Waals surface area contributed by atoms with Gasteiger partial charge in [-0.15, -0.1) is 0 Å². The van der Waals surface area contributed by atoms with E-state index in [1.54, 1.807) is 29.2 Å². The first-order chi connectivity index (χ1) is 15.5. The summed E-state index contributed by atoms with van der Waals surface area (Å²) in [5, 5.41) is 2.54. The van der Waals surface area contributed by atoms with Crippen LogP contribution >= 0.6 is 0 Å². The van der Waals surface area contributed by atoms with Crippen molar-refractivity contribution in [2.75, 3.05) is 13.1 Å². The molecule has 0 aliphatic carbocycles. The second-order valence-electron chi connectivity index (χ2n) is 7.75. The van der Waals surface area contributed by atoms with Gasteiger partial charge in [-0.25, -0.2) is 8.42 Å². The van der Waals surface area contributed by atoms with Gasteiger partial charge in [-0.3, -0.25) is 9.59 Å². The molecule has 0 aromatic heterocycles. The Morgan fingerprint density at radius 2 is 1.64 bits per heavy atom. The zero-order chi connectivity index (χ0) is 24.2. The Hall–Kier alpha value is -2.92. The highest BCUT2D eigenvalue weighted by molar-refractivity contribution is 7.89. The van der Waals surface area contributed by atoms with Gasteiger partial charge in [0.05, 0.1) is 16.5 Å². The van der Waals surface area contributed by atoms with Crippen LogP contribution in [-0.4, -0.2) is 44.3 Å². The maximum absolute atomic E-state index is 13.2. The van der Waals surface area contributed by atoms with E-state index in [4.69, 9.17) is 0 Å². The second-order valence-corrected chi connectivity index (χ2v) is 9.43. The third kappa shape index (κ3) is 6.11. The highest BCUT2D eigenvalue weighted by Crippen LogP contribution is 2.33. The molecule has 1 fully saturated rings. The Bertz CT molecular complexity index is 1110. The minimum atomic E-state index is -4.86. The van der Waals surface area contributed by atoms with E-state index in [-0.39, 0.29) is 12.5 Å². The van der Waals surface area contributed by atoms with Crippen LogP contribution in [0.25, 0.3) is 0 Å². The molecule has 1 atom stereocenters. The largest absolute Gasteiger partial charge is 0.417 e. The fourth-order valence-corrected chi connectivity index (χ4v) is 4.93. The van der Waals surface area contributed by atoms with Gasteiger partial charge in [0.25, 0.3) is 5.91 Å². The number of nitrogens with zero attached hydrogens (tertiary/aromatic N) is 1. The van der Waals surface area contributed by atoms with E-state index >= 15 is 0 Å². The van der Waals surface area contributed by atoms with Crippen LogP contribution in [0.2, 0.25) is 0 Å². The number of hydrogen-bond acceptors (Lipinski definition) is 4. The Balaban J connectivity index is 1.59. The van der Waals surface area contributed by atoms with Crippen molar-refractivity contribution >= 4 is 21.8 Å². The maximum atomic E-state index is 13.2. The fourth-order valence-electron chi connectivity index (χ4n) is 3.50. The molecule has 0 unspecified atom stereocenters. The molecule has 1 saturated heterocycles. The van der Waals surface area contributed by atoms with Gasteiger partial charge in [-0.1, -0.05) is 24.3 Å². The molecule has 1 heterocycles. The lowest BCUT2D eigenvalue weighted by Gasteiger charge is -2.17. The lowest BCUT2D eigenvalue weighted by atomic mass is 10.1. The van der Waals surface area contributed by atoms with Gasteiger partial charge >= 0.3 is 6.18 Å². The number of likely N-dealkylation sites (tertiary alicyclic amines) is 1. The number of alkyl halides is 3. The van der Waals surface area contributed by atoms with Gasteiger partial charge < -0.3 is 10.2 Å². The second kappa shape index (κ2) is 9.92. The molecule has 7 nitrogen and oxygen atoms in total. The molecule has 11 heteroatoms. The normalized spacial score (nSPS) is 15.3. The van der Waals surface area contributed by atoms with Gasteiger partial charge in [-0.05, 0) is 49.6 Å². The van der Waals surface area contributed by atoms with Crippen molar-refractivity contribution in [1.82, 2.24) is 14.9 Å². The van der Waals surface area contributed by atoms with Crippen LogP contribution in [0.3, 0.4) is 0 Å². The van der Waals surface area contributed by atoms with Crippen LogP contribution in [0, 0.1) is 0 Å². The Morgan fingerprint density at radius 3 is 2.24 bits per heavy atom. The van der Waals surface area contributed by atoms with Crippen LogP contribution < -0.4 is 10.0 Å². The summed E-state index contributed by atoms with van der Waals surface area (Å²) in [7, 11) is -4.60. The first-order valence-corrected chi connectivity index (χ1v) is 11.8. The molecule has 0 bridgehead atoms. The quantitative estimate of drug-likeness (QED) is 0.633. The summed E-state index contributed by atoms with van der Waals surface area (Å²) < 4.78 is 66.4. The van der Waals surface area contributed by atoms with Gasteiger partial charge in [0.15, 0.2) is 0 Å². The molecule has 1 aliphatic rings. The molecule has 0 spiro atoms. The molecule has 2 aromatic carbocycles. The lowest BCUT2D eigenvalue weighted by molar-refractivity contribution is -0.139. The molecule has 2 N–H and O–H groups in total.